The van der Waals surface area contributed by atoms with Crippen LogP contribution in [0.2, 0.25) is 0 Å². The van der Waals surface area contributed by atoms with E-state index in [1.807, 2.05) is 0 Å². The second kappa shape index (κ2) is 5.59. The Morgan fingerprint density at radius 1 is 1.30 bits per heavy atom. The van der Waals surface area contributed by atoms with Gasteiger partial charge in [0.05, 0.1) is 5.69 Å². The summed E-state index contributed by atoms with van der Waals surface area (Å²) in [6, 6.07) is 6.48. The van der Waals surface area contributed by atoms with Crippen LogP contribution < -0.4 is 5.32 Å². The summed E-state index contributed by atoms with van der Waals surface area (Å²) in [5, 5.41) is 12.1. The van der Waals surface area contributed by atoms with Crippen molar-refractivity contribution in [2.24, 2.45) is 9.98 Å². The second-order valence-corrected chi connectivity index (χ2v) is 4.34. The minimum Gasteiger partial charge on any atom is -0.478 e. The Balaban J connectivity index is 2.41. The minimum atomic E-state index is -1.68. The van der Waals surface area contributed by atoms with Crippen LogP contribution in [0.25, 0.3) is 0 Å². The highest BCUT2D eigenvalue weighted by Crippen LogP contribution is 2.37. The van der Waals surface area contributed by atoms with E-state index >= 15 is 0 Å². The maximum Gasteiger partial charge on any atom is 0.348 e. The molecule has 1 fully saturated rings. The normalized spacial score (nSPS) is 24.5. The highest BCUT2D eigenvalue weighted by molar-refractivity contribution is 5.82. The Bertz CT molecular complexity index is 611. The zero-order chi connectivity index (χ0) is 14.6. The predicted octanol–water partition coefficient (Wildman–Crippen LogP) is 0.848. The van der Waals surface area contributed by atoms with E-state index in [1.165, 1.54) is 12.2 Å². The summed E-state index contributed by atoms with van der Waals surface area (Å²) >= 11 is 0. The molecule has 0 radical (unpaired) electrons. The molecule has 2 unspecified atom stereocenters. The van der Waals surface area contributed by atoms with Gasteiger partial charge in [-0.05, 0) is 30.7 Å². The van der Waals surface area contributed by atoms with E-state index in [0.717, 1.165) is 0 Å². The molecule has 2 N–H and O–H groups in total. The molecule has 20 heavy (non-hydrogen) atoms. The van der Waals surface area contributed by atoms with Crippen molar-refractivity contribution in [3.05, 3.63) is 29.8 Å². The topological polar surface area (TPSA) is 108 Å². The summed E-state index contributed by atoms with van der Waals surface area (Å²) in [5.74, 6) is -1.71. The molecule has 1 aliphatic heterocycles. The highest BCUT2D eigenvalue weighted by Gasteiger charge is 2.50. The van der Waals surface area contributed by atoms with Crippen LogP contribution in [-0.2, 0) is 14.4 Å². The number of carbonyl (C=O) groups is 1. The molecule has 0 aliphatic carbocycles. The average molecular weight is 273 g/mol. The molecule has 1 aliphatic rings. The van der Waals surface area contributed by atoms with E-state index < -0.39 is 17.6 Å². The van der Waals surface area contributed by atoms with Gasteiger partial charge >= 0.3 is 5.97 Å². The monoisotopic (exact) mass is 273 g/mol. The van der Waals surface area contributed by atoms with Crippen LogP contribution in [0.3, 0.4) is 0 Å². The summed E-state index contributed by atoms with van der Waals surface area (Å²) in [5.41, 5.74) is -0.562. The number of hydrogen-bond donors (Lipinski definition) is 2. The number of carbonyl (C=O) groups excluding carboxylic acids is 2. The maximum atomic E-state index is 11.5. The van der Waals surface area contributed by atoms with Crippen LogP contribution in [0.15, 0.2) is 34.3 Å². The van der Waals surface area contributed by atoms with E-state index in [4.69, 9.17) is 0 Å². The van der Waals surface area contributed by atoms with Gasteiger partial charge in [0.2, 0.25) is 17.8 Å². The summed E-state index contributed by atoms with van der Waals surface area (Å²) in [7, 11) is 0. The maximum absolute atomic E-state index is 11.5. The number of carboxylic acids is 1. The van der Waals surface area contributed by atoms with Gasteiger partial charge in [0, 0.05) is 5.92 Å². The van der Waals surface area contributed by atoms with Gasteiger partial charge in [0.1, 0.15) is 0 Å². The highest BCUT2D eigenvalue weighted by atomic mass is 16.4. The number of nitrogens with zero attached hydrogens (tertiary/aromatic N) is 2. The van der Waals surface area contributed by atoms with E-state index in [-0.39, 0.29) is 0 Å². The third-order valence-corrected chi connectivity index (χ3v) is 3.35. The zero-order valence-corrected chi connectivity index (χ0v) is 10.4. The summed E-state index contributed by atoms with van der Waals surface area (Å²) in [6.07, 6.45) is 3.27. The summed E-state index contributed by atoms with van der Waals surface area (Å²) in [4.78, 5) is 39.1. The first-order valence-corrected chi connectivity index (χ1v) is 5.89. The molecule has 1 heterocycles. The number of benzene rings is 1. The number of isocyanates is 2. The molecule has 1 aromatic carbocycles. The van der Waals surface area contributed by atoms with Crippen molar-refractivity contribution in [3.8, 4) is 0 Å². The van der Waals surface area contributed by atoms with E-state index in [1.54, 1.807) is 24.3 Å². The fourth-order valence-electron chi connectivity index (χ4n) is 2.44. The summed E-state index contributed by atoms with van der Waals surface area (Å²) in [6.45, 7) is 0.427. The van der Waals surface area contributed by atoms with Crippen LogP contribution in [-0.4, -0.2) is 35.4 Å². The lowest BCUT2D eigenvalue weighted by Crippen LogP contribution is -2.49. The average Bonchev–Trinajstić information content (AvgIpc) is 2.85. The quantitative estimate of drug-likeness (QED) is 0.624. The van der Waals surface area contributed by atoms with Gasteiger partial charge in [0.25, 0.3) is 0 Å². The van der Waals surface area contributed by atoms with Gasteiger partial charge in [-0.3, -0.25) is 5.32 Å². The number of rotatable bonds is 4. The molecule has 1 aromatic rings. The van der Waals surface area contributed by atoms with Gasteiger partial charge in [-0.2, -0.15) is 9.98 Å². The first kappa shape index (κ1) is 13.8. The Kier molecular flexibility index (Phi) is 3.86. The van der Waals surface area contributed by atoms with Gasteiger partial charge < -0.3 is 5.11 Å². The lowest BCUT2D eigenvalue weighted by molar-refractivity contribution is -0.144. The van der Waals surface area contributed by atoms with Crippen molar-refractivity contribution < 1.29 is 19.5 Å². The molecule has 2 atom stereocenters. The number of carboxylic acid groups (broad SMARTS) is 1. The molecule has 1 saturated heterocycles. The van der Waals surface area contributed by atoms with E-state index in [9.17, 15) is 19.5 Å². The van der Waals surface area contributed by atoms with Crippen molar-refractivity contribution in [1.82, 2.24) is 5.32 Å². The molecular weight excluding hydrogens is 262 g/mol. The van der Waals surface area contributed by atoms with Gasteiger partial charge in [-0.15, -0.1) is 0 Å². The molecule has 0 aromatic heterocycles. The molecule has 0 saturated carbocycles. The largest absolute Gasteiger partial charge is 0.478 e. The standard InChI is InChI=1S/C13H11N3O4/c17-7-14-10-3-1-9(2-4-10)11-5-6-15-13(11,12(19)20)16-8-18/h1-4,11,15H,5-6H2,(H,19,20). The third kappa shape index (κ3) is 2.29. The number of nitrogens with one attached hydrogen (secondary N) is 1. The number of hydrogen-bond acceptors (Lipinski definition) is 6. The minimum absolute atomic E-state index is 0.425. The first-order valence-electron chi connectivity index (χ1n) is 5.89. The van der Waals surface area contributed by atoms with Crippen LogP contribution >= 0.6 is 0 Å². The SMILES string of the molecule is O=C=Nc1ccc(C2CCNC2(N=C=O)C(=O)O)cc1. The van der Waals surface area contributed by atoms with Crippen molar-refractivity contribution in [1.29, 1.82) is 0 Å². The van der Waals surface area contributed by atoms with Crippen molar-refractivity contribution >= 4 is 23.8 Å². The Hall–Kier alpha value is -2.59. The number of aliphatic carboxylic acids is 1. The Labute approximate surface area is 114 Å². The molecule has 7 nitrogen and oxygen atoms in total. The van der Waals surface area contributed by atoms with Crippen LogP contribution in [0.1, 0.15) is 17.9 Å². The van der Waals surface area contributed by atoms with Crippen molar-refractivity contribution in [3.63, 3.8) is 0 Å². The Morgan fingerprint density at radius 3 is 2.55 bits per heavy atom. The molecule has 7 heteroatoms. The van der Waals surface area contributed by atoms with Gasteiger partial charge in [0.15, 0.2) is 0 Å². The lowest BCUT2D eigenvalue weighted by atomic mass is 9.87. The molecule has 0 amide bonds. The van der Waals surface area contributed by atoms with Gasteiger partial charge in [-0.1, -0.05) is 12.1 Å². The third-order valence-electron chi connectivity index (χ3n) is 3.35. The lowest BCUT2D eigenvalue weighted by Gasteiger charge is -2.25. The van der Waals surface area contributed by atoms with Crippen LogP contribution in [0.4, 0.5) is 5.69 Å². The summed E-state index contributed by atoms with van der Waals surface area (Å²) < 4.78 is 0. The molecular formula is C13H11N3O4. The van der Waals surface area contributed by atoms with Gasteiger partial charge in [-0.25, -0.2) is 14.4 Å². The van der Waals surface area contributed by atoms with Crippen molar-refractivity contribution in [2.45, 2.75) is 18.0 Å². The predicted molar refractivity (Wildman–Crippen MR) is 68.1 cm³/mol. The Morgan fingerprint density at radius 2 is 2.00 bits per heavy atom. The molecule has 102 valence electrons. The molecule has 2 rings (SSSR count). The molecule has 0 bridgehead atoms. The van der Waals surface area contributed by atoms with E-state index in [0.29, 0.717) is 24.2 Å². The first-order chi connectivity index (χ1) is 9.64. The number of aliphatic imine (C=N–C) groups is 2. The fraction of sp³-hybridized carbons (Fsp3) is 0.308. The van der Waals surface area contributed by atoms with Crippen LogP contribution in [0.5, 0.6) is 0 Å². The molecule has 0 spiro atoms. The smallest absolute Gasteiger partial charge is 0.348 e. The second-order valence-electron chi connectivity index (χ2n) is 4.34. The zero-order valence-electron chi connectivity index (χ0n) is 10.4. The van der Waals surface area contributed by atoms with E-state index in [2.05, 4.69) is 15.3 Å². The van der Waals surface area contributed by atoms with Crippen molar-refractivity contribution in [2.75, 3.05) is 6.54 Å². The fourth-order valence-corrected chi connectivity index (χ4v) is 2.44. The van der Waals surface area contributed by atoms with Crippen LogP contribution in [0, 0.1) is 0 Å².